The maximum Gasteiger partial charge on any atom is 0.274 e. The Morgan fingerprint density at radius 1 is 1.29 bits per heavy atom. The topological polar surface area (TPSA) is 81.4 Å². The lowest BCUT2D eigenvalue weighted by Gasteiger charge is -2.32. The summed E-state index contributed by atoms with van der Waals surface area (Å²) in [6, 6.07) is -0.365. The smallest absolute Gasteiger partial charge is 0.274 e. The average molecular weight is 350 g/mol. The molecule has 1 amide bonds. The Morgan fingerprint density at radius 3 is 2.71 bits per heavy atom. The molecule has 7 nitrogen and oxygen atoms in total. The first-order valence-electron chi connectivity index (χ1n) is 8.14. The summed E-state index contributed by atoms with van der Waals surface area (Å²) in [7, 11) is 0. The maximum atomic E-state index is 12.9. The maximum absolute atomic E-state index is 12.9. The minimum atomic E-state index is -0.365. The summed E-state index contributed by atoms with van der Waals surface area (Å²) in [5.41, 5.74) is 0.471. The van der Waals surface area contributed by atoms with Crippen molar-refractivity contribution in [3.63, 3.8) is 0 Å². The summed E-state index contributed by atoms with van der Waals surface area (Å²) in [4.78, 5) is 19.1. The Hall–Kier alpha value is -1.80. The van der Waals surface area contributed by atoms with E-state index in [-0.39, 0.29) is 17.9 Å². The number of thiazole rings is 1. The highest BCUT2D eigenvalue weighted by Gasteiger charge is 2.34. The Kier molecular flexibility index (Phi) is 4.96. The van der Waals surface area contributed by atoms with Crippen LogP contribution < -0.4 is 0 Å². The van der Waals surface area contributed by atoms with Gasteiger partial charge in [-0.3, -0.25) is 4.79 Å². The minimum absolute atomic E-state index is 0.115. The van der Waals surface area contributed by atoms with E-state index in [0.717, 1.165) is 5.01 Å². The largest absolute Gasteiger partial charge is 0.423 e. The van der Waals surface area contributed by atoms with Gasteiger partial charge < -0.3 is 14.1 Å². The summed E-state index contributed by atoms with van der Waals surface area (Å²) in [5, 5.41) is 11.0. The third-order valence-corrected chi connectivity index (χ3v) is 5.00. The van der Waals surface area contributed by atoms with E-state index in [0.29, 0.717) is 43.2 Å². The molecule has 0 aromatic carbocycles. The lowest BCUT2D eigenvalue weighted by Crippen LogP contribution is -2.43. The molecule has 1 aliphatic rings. The van der Waals surface area contributed by atoms with Crippen LogP contribution in [-0.4, -0.2) is 45.7 Å². The molecule has 0 radical (unpaired) electrons. The highest BCUT2D eigenvalue weighted by Crippen LogP contribution is 2.28. The van der Waals surface area contributed by atoms with Gasteiger partial charge in [0.25, 0.3) is 5.91 Å². The van der Waals surface area contributed by atoms with Crippen molar-refractivity contribution >= 4 is 17.2 Å². The van der Waals surface area contributed by atoms with Crippen molar-refractivity contribution in [1.29, 1.82) is 0 Å². The SMILES string of the molecule is CC(C)c1nnc([C@@H]2COCCN2C(=O)c2csc(C(C)C)n2)o1. The van der Waals surface area contributed by atoms with Crippen LogP contribution in [0.4, 0.5) is 0 Å². The van der Waals surface area contributed by atoms with Crippen molar-refractivity contribution in [3.05, 3.63) is 27.9 Å². The van der Waals surface area contributed by atoms with Crippen LogP contribution in [0.25, 0.3) is 0 Å². The van der Waals surface area contributed by atoms with Crippen molar-refractivity contribution in [3.8, 4) is 0 Å². The zero-order valence-electron chi connectivity index (χ0n) is 14.4. The van der Waals surface area contributed by atoms with Gasteiger partial charge in [0.05, 0.1) is 18.2 Å². The molecule has 1 atom stereocenters. The number of carbonyl (C=O) groups excluding carboxylic acids is 1. The standard InChI is InChI=1S/C16H22N4O3S/c1-9(2)13-18-19-14(23-13)12-7-22-6-5-20(12)16(21)11-8-24-15(17-11)10(3)4/h8-10,12H,5-7H2,1-4H3/t12-/m0/s1. The fourth-order valence-corrected chi connectivity index (χ4v) is 3.27. The average Bonchev–Trinajstić information content (AvgIpc) is 3.23. The third kappa shape index (κ3) is 3.34. The molecule has 2 aromatic heterocycles. The summed E-state index contributed by atoms with van der Waals surface area (Å²) in [5.74, 6) is 1.33. The van der Waals surface area contributed by atoms with Gasteiger partial charge >= 0.3 is 0 Å². The van der Waals surface area contributed by atoms with Gasteiger partial charge in [-0.05, 0) is 0 Å². The molecular weight excluding hydrogens is 328 g/mol. The number of hydrogen-bond acceptors (Lipinski definition) is 7. The van der Waals surface area contributed by atoms with E-state index in [1.165, 1.54) is 11.3 Å². The molecule has 3 heterocycles. The highest BCUT2D eigenvalue weighted by molar-refractivity contribution is 7.09. The lowest BCUT2D eigenvalue weighted by molar-refractivity contribution is -0.0110. The van der Waals surface area contributed by atoms with Crippen LogP contribution in [0.5, 0.6) is 0 Å². The van der Waals surface area contributed by atoms with Crippen LogP contribution in [-0.2, 0) is 4.74 Å². The van der Waals surface area contributed by atoms with Crippen molar-refractivity contribution in [1.82, 2.24) is 20.1 Å². The van der Waals surface area contributed by atoms with Crippen molar-refractivity contribution in [2.75, 3.05) is 19.8 Å². The van der Waals surface area contributed by atoms with Gasteiger partial charge in [-0.1, -0.05) is 27.7 Å². The Balaban J connectivity index is 1.84. The van der Waals surface area contributed by atoms with Crippen LogP contribution >= 0.6 is 11.3 Å². The van der Waals surface area contributed by atoms with Crippen molar-refractivity contribution < 1.29 is 13.9 Å². The summed E-state index contributed by atoms with van der Waals surface area (Å²) in [6.45, 7) is 9.44. The monoisotopic (exact) mass is 350 g/mol. The number of amides is 1. The number of carbonyl (C=O) groups is 1. The Labute approximate surface area is 145 Å². The normalized spacial score (nSPS) is 18.6. The molecular formula is C16H22N4O3S. The van der Waals surface area contributed by atoms with E-state index < -0.39 is 0 Å². The predicted octanol–water partition coefficient (Wildman–Crippen LogP) is 2.99. The third-order valence-electron chi connectivity index (χ3n) is 3.86. The van der Waals surface area contributed by atoms with Gasteiger partial charge in [-0.15, -0.1) is 21.5 Å². The van der Waals surface area contributed by atoms with Crippen LogP contribution in [0.15, 0.2) is 9.80 Å². The Bertz CT molecular complexity index is 710. The first kappa shape index (κ1) is 17.0. The predicted molar refractivity (Wildman–Crippen MR) is 89.2 cm³/mol. The second-order valence-corrected chi connectivity index (χ2v) is 7.34. The molecule has 24 heavy (non-hydrogen) atoms. The quantitative estimate of drug-likeness (QED) is 0.843. The second kappa shape index (κ2) is 6.98. The van der Waals surface area contributed by atoms with Gasteiger partial charge in [0.2, 0.25) is 11.8 Å². The highest BCUT2D eigenvalue weighted by atomic mass is 32.1. The first-order valence-corrected chi connectivity index (χ1v) is 9.02. The molecule has 130 valence electrons. The minimum Gasteiger partial charge on any atom is -0.423 e. The summed E-state index contributed by atoms with van der Waals surface area (Å²) >= 11 is 1.51. The first-order chi connectivity index (χ1) is 11.5. The molecule has 2 aromatic rings. The van der Waals surface area contributed by atoms with Gasteiger partial charge in [-0.2, -0.15) is 0 Å². The molecule has 1 fully saturated rings. The Morgan fingerprint density at radius 2 is 2.08 bits per heavy atom. The lowest BCUT2D eigenvalue weighted by atomic mass is 10.2. The molecule has 0 N–H and O–H groups in total. The number of hydrogen-bond donors (Lipinski definition) is 0. The molecule has 0 aliphatic carbocycles. The van der Waals surface area contributed by atoms with E-state index in [2.05, 4.69) is 29.0 Å². The number of aromatic nitrogens is 3. The zero-order valence-corrected chi connectivity index (χ0v) is 15.2. The number of nitrogens with zero attached hydrogens (tertiary/aromatic N) is 4. The number of rotatable bonds is 4. The fourth-order valence-electron chi connectivity index (χ4n) is 2.46. The molecule has 8 heteroatoms. The second-order valence-electron chi connectivity index (χ2n) is 6.45. The summed E-state index contributed by atoms with van der Waals surface area (Å²) in [6.07, 6.45) is 0. The molecule has 1 saturated heterocycles. The number of ether oxygens (including phenoxy) is 1. The molecule has 0 unspecified atom stereocenters. The van der Waals surface area contributed by atoms with Gasteiger partial charge in [0, 0.05) is 23.8 Å². The molecule has 0 spiro atoms. The molecule has 0 saturated carbocycles. The van der Waals surface area contributed by atoms with Gasteiger partial charge in [-0.25, -0.2) is 4.98 Å². The molecule has 0 bridgehead atoms. The van der Waals surface area contributed by atoms with E-state index in [1.54, 1.807) is 4.90 Å². The van der Waals surface area contributed by atoms with Crippen LogP contribution in [0, 0.1) is 0 Å². The molecule has 1 aliphatic heterocycles. The van der Waals surface area contributed by atoms with E-state index >= 15 is 0 Å². The van der Waals surface area contributed by atoms with Crippen LogP contribution in [0.3, 0.4) is 0 Å². The zero-order chi connectivity index (χ0) is 17.3. The van der Waals surface area contributed by atoms with E-state index in [1.807, 2.05) is 19.2 Å². The number of morpholine rings is 1. The van der Waals surface area contributed by atoms with E-state index in [9.17, 15) is 4.79 Å². The van der Waals surface area contributed by atoms with Crippen LogP contribution in [0.1, 0.15) is 72.9 Å². The van der Waals surface area contributed by atoms with Crippen molar-refractivity contribution in [2.24, 2.45) is 0 Å². The van der Waals surface area contributed by atoms with Gasteiger partial charge in [0.1, 0.15) is 11.7 Å². The van der Waals surface area contributed by atoms with Gasteiger partial charge in [0.15, 0.2) is 0 Å². The fraction of sp³-hybridized carbons (Fsp3) is 0.625. The molecule has 3 rings (SSSR count). The van der Waals surface area contributed by atoms with Crippen LogP contribution in [0.2, 0.25) is 0 Å². The van der Waals surface area contributed by atoms with Crippen molar-refractivity contribution in [2.45, 2.75) is 45.6 Å². The van der Waals surface area contributed by atoms with E-state index in [4.69, 9.17) is 9.15 Å². The summed E-state index contributed by atoms with van der Waals surface area (Å²) < 4.78 is 11.3.